The molecule has 0 aromatic heterocycles. The number of benzene rings is 2. The molecular weight excluding hydrogens is 561 g/mol. The van der Waals surface area contributed by atoms with Gasteiger partial charge >= 0.3 is 12.1 Å². The molecule has 0 radical (unpaired) electrons. The van der Waals surface area contributed by atoms with E-state index in [-0.39, 0.29) is 6.07 Å². The normalized spacial score (nSPS) is 12.7. The number of anilines is 1. The van der Waals surface area contributed by atoms with Gasteiger partial charge in [-0.2, -0.15) is 22.0 Å². The van der Waals surface area contributed by atoms with Crippen LogP contribution in [0.5, 0.6) is 5.75 Å². The number of para-hydroxylation sites is 1. The highest BCUT2D eigenvalue weighted by molar-refractivity contribution is 6.41. The van der Waals surface area contributed by atoms with Gasteiger partial charge in [-0.1, -0.05) is 19.1 Å². The highest BCUT2D eigenvalue weighted by Gasteiger charge is 2.34. The lowest BCUT2D eigenvalue weighted by Gasteiger charge is -2.19. The summed E-state index contributed by atoms with van der Waals surface area (Å²) in [7, 11) is 0. The van der Waals surface area contributed by atoms with Gasteiger partial charge in [0.1, 0.15) is 12.6 Å². The fraction of sp³-hybridized carbons (Fsp3) is 0.292. The number of amides is 2. The van der Waals surface area contributed by atoms with Crippen LogP contribution in [0.3, 0.4) is 0 Å². The Bertz CT molecular complexity index is 1310. The van der Waals surface area contributed by atoms with Crippen molar-refractivity contribution in [1.82, 2.24) is 5.32 Å². The number of hydrogen-bond acceptors (Lipinski definition) is 6. The molecule has 2 atom stereocenters. The van der Waals surface area contributed by atoms with Crippen molar-refractivity contribution >= 4 is 35.0 Å². The van der Waals surface area contributed by atoms with Crippen molar-refractivity contribution in [1.29, 1.82) is 0 Å². The molecule has 0 saturated heterocycles. The molecule has 3 N–H and O–H groups in total. The third-order valence-corrected chi connectivity index (χ3v) is 5.19. The van der Waals surface area contributed by atoms with Crippen molar-refractivity contribution in [3.63, 3.8) is 0 Å². The number of aliphatic carboxylic acids is 1. The monoisotopic (exact) mass is 580 g/mol. The molecule has 0 saturated carbocycles. The van der Waals surface area contributed by atoms with E-state index >= 15 is 0 Å². The Hall–Kier alpha value is -4.50. The predicted molar refractivity (Wildman–Crippen MR) is 120 cm³/mol. The summed E-state index contributed by atoms with van der Waals surface area (Å²) in [5, 5.41) is 12.8. The van der Waals surface area contributed by atoms with Crippen LogP contribution in [0.2, 0.25) is 0 Å². The number of rotatable bonds is 12. The van der Waals surface area contributed by atoms with Crippen LogP contribution in [0.15, 0.2) is 30.3 Å². The zero-order valence-electron chi connectivity index (χ0n) is 20.2. The minimum absolute atomic E-state index is 0.120. The molecule has 40 heavy (non-hydrogen) atoms. The van der Waals surface area contributed by atoms with Gasteiger partial charge < -0.3 is 20.5 Å². The number of carbonyl (C=O) groups is 5. The molecule has 0 spiro atoms. The van der Waals surface area contributed by atoms with E-state index in [1.54, 1.807) is 5.32 Å². The smallest absolute Gasteiger partial charge is 0.418 e. The van der Waals surface area contributed by atoms with Gasteiger partial charge in [0.25, 0.3) is 5.91 Å². The Morgan fingerprint density at radius 2 is 1.52 bits per heavy atom. The zero-order valence-corrected chi connectivity index (χ0v) is 20.2. The molecule has 2 aromatic rings. The number of alkyl halides is 3. The van der Waals surface area contributed by atoms with Crippen molar-refractivity contribution < 1.29 is 64.5 Å². The minimum atomic E-state index is -4.85. The van der Waals surface area contributed by atoms with E-state index < -0.39 is 107 Å². The van der Waals surface area contributed by atoms with Crippen LogP contribution in [-0.4, -0.2) is 47.1 Å². The maximum atomic E-state index is 13.7. The van der Waals surface area contributed by atoms with Crippen molar-refractivity contribution in [2.24, 2.45) is 5.92 Å². The van der Waals surface area contributed by atoms with Crippen LogP contribution >= 0.6 is 0 Å². The lowest BCUT2D eigenvalue weighted by atomic mass is 10.0. The highest BCUT2D eigenvalue weighted by Crippen LogP contribution is 2.34. The van der Waals surface area contributed by atoms with Gasteiger partial charge in [-0.3, -0.25) is 24.0 Å². The molecule has 216 valence electrons. The van der Waals surface area contributed by atoms with Crippen molar-refractivity contribution in [3.05, 3.63) is 59.2 Å². The van der Waals surface area contributed by atoms with Crippen LogP contribution in [0.4, 0.5) is 36.4 Å². The number of ketones is 2. The van der Waals surface area contributed by atoms with Crippen molar-refractivity contribution in [2.75, 3.05) is 11.9 Å². The molecule has 0 heterocycles. The SMILES string of the molecule is C[C@H](CC(=O)C(=O)Nc1ccccc1C(F)(F)F)C(=O)N[C@@H](CC(=O)O)C(=O)COc1c(F)c(F)cc(F)c1F. The fourth-order valence-corrected chi connectivity index (χ4v) is 3.15. The summed E-state index contributed by atoms with van der Waals surface area (Å²) in [6.45, 7) is -0.271. The summed E-state index contributed by atoms with van der Waals surface area (Å²) >= 11 is 0. The Morgan fingerprint density at radius 1 is 0.950 bits per heavy atom. The standard InChI is InChI=1S/C24H19F7N2O7/c1-10(6-16(34)23(39)32-14-5-3-2-4-11(14)24(29,30)31)22(38)33-15(8-18(36)37)17(35)9-40-21-19(27)12(25)7-13(26)20(21)28/h2-5,7,10,15H,6,8-9H2,1H3,(H,32,39)(H,33,38)(H,36,37)/t10-,15+/m1/s1. The van der Waals surface area contributed by atoms with Crippen LogP contribution in [0.1, 0.15) is 25.3 Å². The maximum Gasteiger partial charge on any atom is 0.418 e. The summed E-state index contributed by atoms with van der Waals surface area (Å²) in [5.41, 5.74) is -1.96. The quantitative estimate of drug-likeness (QED) is 0.199. The summed E-state index contributed by atoms with van der Waals surface area (Å²) in [5.74, 6) is -17.6. The van der Waals surface area contributed by atoms with Gasteiger partial charge in [-0.25, -0.2) is 8.78 Å². The molecule has 0 bridgehead atoms. The number of Topliss-reactive ketones (excluding diaryl/α,β-unsaturated/α-hetero) is 2. The molecule has 2 aromatic carbocycles. The first-order valence-electron chi connectivity index (χ1n) is 11.0. The largest absolute Gasteiger partial charge is 0.481 e. The number of ether oxygens (including phenoxy) is 1. The number of carbonyl (C=O) groups excluding carboxylic acids is 4. The average Bonchev–Trinajstić information content (AvgIpc) is 2.86. The Morgan fingerprint density at radius 3 is 2.08 bits per heavy atom. The van der Waals surface area contributed by atoms with Crippen LogP contribution in [-0.2, 0) is 30.1 Å². The Balaban J connectivity index is 2.06. The Labute approximate surface area is 220 Å². The van der Waals surface area contributed by atoms with Gasteiger partial charge in [0.05, 0.1) is 17.7 Å². The number of carboxylic acid groups (broad SMARTS) is 1. The van der Waals surface area contributed by atoms with Gasteiger partial charge in [0, 0.05) is 18.4 Å². The summed E-state index contributed by atoms with van der Waals surface area (Å²) in [4.78, 5) is 60.3. The summed E-state index contributed by atoms with van der Waals surface area (Å²) in [6.07, 6.45) is -6.82. The molecule has 0 aliphatic heterocycles. The van der Waals surface area contributed by atoms with E-state index in [1.807, 2.05) is 5.32 Å². The van der Waals surface area contributed by atoms with Crippen LogP contribution in [0, 0.1) is 29.2 Å². The summed E-state index contributed by atoms with van der Waals surface area (Å²) < 4.78 is 97.8. The zero-order chi connectivity index (χ0) is 30.4. The average molecular weight is 580 g/mol. The number of carboxylic acids is 1. The van der Waals surface area contributed by atoms with Gasteiger partial charge in [-0.05, 0) is 12.1 Å². The molecule has 16 heteroatoms. The molecule has 0 fully saturated rings. The molecular formula is C24H19F7N2O7. The second-order valence-corrected chi connectivity index (χ2v) is 8.24. The minimum Gasteiger partial charge on any atom is -0.481 e. The van der Waals surface area contributed by atoms with Crippen molar-refractivity contribution in [2.45, 2.75) is 32.0 Å². The fourth-order valence-electron chi connectivity index (χ4n) is 3.15. The second-order valence-electron chi connectivity index (χ2n) is 8.24. The van der Waals surface area contributed by atoms with Gasteiger partial charge in [-0.15, -0.1) is 0 Å². The van der Waals surface area contributed by atoms with Crippen LogP contribution in [0.25, 0.3) is 0 Å². The van der Waals surface area contributed by atoms with Gasteiger partial charge in [0.15, 0.2) is 23.2 Å². The molecule has 0 aliphatic rings. The number of hydrogen-bond donors (Lipinski definition) is 3. The van der Waals surface area contributed by atoms with Crippen molar-refractivity contribution in [3.8, 4) is 5.75 Å². The van der Waals surface area contributed by atoms with Crippen LogP contribution < -0.4 is 15.4 Å². The first-order chi connectivity index (χ1) is 18.5. The van der Waals surface area contributed by atoms with E-state index in [9.17, 15) is 54.7 Å². The lowest BCUT2D eigenvalue weighted by molar-refractivity contribution is -0.141. The molecule has 2 amide bonds. The summed E-state index contributed by atoms with van der Waals surface area (Å²) in [6, 6.07) is 1.74. The number of nitrogens with one attached hydrogen (secondary N) is 2. The molecule has 2 rings (SSSR count). The molecule has 9 nitrogen and oxygen atoms in total. The van der Waals surface area contributed by atoms with E-state index in [1.165, 1.54) is 6.07 Å². The Kier molecular flexibility index (Phi) is 10.3. The van der Waals surface area contributed by atoms with E-state index in [4.69, 9.17) is 5.11 Å². The predicted octanol–water partition coefficient (Wildman–Crippen LogP) is 3.40. The molecule has 0 unspecified atom stereocenters. The highest BCUT2D eigenvalue weighted by atomic mass is 19.4. The topological polar surface area (TPSA) is 139 Å². The second kappa shape index (κ2) is 13.0. The van der Waals surface area contributed by atoms with E-state index in [0.29, 0.717) is 6.07 Å². The molecule has 0 aliphatic carbocycles. The van der Waals surface area contributed by atoms with E-state index in [0.717, 1.165) is 19.1 Å². The maximum absolute atomic E-state index is 13.7. The van der Waals surface area contributed by atoms with E-state index in [2.05, 4.69) is 4.74 Å². The van der Waals surface area contributed by atoms with Gasteiger partial charge in [0.2, 0.25) is 23.3 Å². The lowest BCUT2D eigenvalue weighted by Crippen LogP contribution is -2.46. The first kappa shape index (κ1) is 31.7. The third-order valence-electron chi connectivity index (χ3n) is 5.19. The third kappa shape index (κ3) is 8.25. The first-order valence-corrected chi connectivity index (χ1v) is 11.0. The number of halogens is 7.